The van der Waals surface area contributed by atoms with Gasteiger partial charge in [-0.05, 0) is 18.2 Å². The fourth-order valence-electron chi connectivity index (χ4n) is 1.02. The van der Waals surface area contributed by atoms with E-state index in [1.54, 1.807) is 6.07 Å². The molecule has 0 atom stereocenters. The Morgan fingerprint density at radius 3 is 2.36 bits per heavy atom. The molecule has 1 rings (SSSR count). The Kier molecular flexibility index (Phi) is 3.48. The van der Waals surface area contributed by atoms with E-state index in [0.717, 1.165) is 6.07 Å². The quantitative estimate of drug-likeness (QED) is 0.673. The third-order valence-corrected chi connectivity index (χ3v) is 2.53. The van der Waals surface area contributed by atoms with Gasteiger partial charge in [-0.25, -0.2) is 0 Å². The van der Waals surface area contributed by atoms with Gasteiger partial charge in [0, 0.05) is 10.1 Å². The lowest BCUT2D eigenvalue weighted by atomic mass is 10.2. The smallest absolute Gasteiger partial charge is 0.166 e. The van der Waals surface area contributed by atoms with Crippen LogP contribution in [0.2, 0.25) is 0 Å². The summed E-state index contributed by atoms with van der Waals surface area (Å²) in [7, 11) is 0. The van der Waals surface area contributed by atoms with Crippen molar-refractivity contribution < 1.29 is 13.2 Å². The molecule has 0 aliphatic rings. The molecule has 0 heterocycles. The van der Waals surface area contributed by atoms with Crippen molar-refractivity contribution in [1.82, 2.24) is 0 Å². The zero-order valence-electron chi connectivity index (χ0n) is 7.93. The minimum Gasteiger partial charge on any atom is -0.166 e. The molecule has 14 heavy (non-hydrogen) atoms. The van der Waals surface area contributed by atoms with Crippen molar-refractivity contribution in [3.8, 4) is 0 Å². The molecule has 0 aliphatic heterocycles. The highest BCUT2D eigenvalue weighted by molar-refractivity contribution is 7.99. The van der Waals surface area contributed by atoms with Gasteiger partial charge in [0.25, 0.3) is 0 Å². The van der Waals surface area contributed by atoms with Crippen molar-refractivity contribution in [1.29, 1.82) is 0 Å². The summed E-state index contributed by atoms with van der Waals surface area (Å²) in [5, 5.41) is 0.290. The predicted molar refractivity (Wildman–Crippen MR) is 52.4 cm³/mol. The van der Waals surface area contributed by atoms with Crippen LogP contribution in [0.15, 0.2) is 29.2 Å². The third kappa shape index (κ3) is 3.25. The molecule has 4 heteroatoms. The fraction of sp³-hybridized carbons (Fsp3) is 0.400. The summed E-state index contributed by atoms with van der Waals surface area (Å²) in [6.45, 7) is 3.90. The molecular formula is C10H11F3S. The maximum atomic E-state index is 12.3. The van der Waals surface area contributed by atoms with Crippen molar-refractivity contribution in [2.24, 2.45) is 0 Å². The van der Waals surface area contributed by atoms with Crippen molar-refractivity contribution in [2.45, 2.75) is 30.2 Å². The maximum Gasteiger partial charge on any atom is 0.416 e. The standard InChI is InChI=1S/C10H11F3S/c1-7(2)14-9-5-3-4-8(6-9)10(11,12)13/h3-7H,1-2H3. The first-order valence-electron chi connectivity index (χ1n) is 4.23. The van der Waals surface area contributed by atoms with Gasteiger partial charge >= 0.3 is 6.18 Å². The minimum absolute atomic E-state index is 0.290. The van der Waals surface area contributed by atoms with Crippen LogP contribution in [0.25, 0.3) is 0 Å². The van der Waals surface area contributed by atoms with E-state index in [1.807, 2.05) is 13.8 Å². The Bertz CT molecular complexity index is 304. The first kappa shape index (κ1) is 11.4. The monoisotopic (exact) mass is 220 g/mol. The molecule has 78 valence electrons. The van der Waals surface area contributed by atoms with Gasteiger partial charge in [-0.15, -0.1) is 11.8 Å². The number of thioether (sulfide) groups is 1. The molecule has 0 radical (unpaired) electrons. The summed E-state index contributed by atoms with van der Waals surface area (Å²) in [6, 6.07) is 5.41. The number of hydrogen-bond donors (Lipinski definition) is 0. The van der Waals surface area contributed by atoms with E-state index in [2.05, 4.69) is 0 Å². The lowest BCUT2D eigenvalue weighted by Gasteiger charge is -2.09. The van der Waals surface area contributed by atoms with Crippen LogP contribution in [-0.2, 0) is 6.18 Å². The lowest BCUT2D eigenvalue weighted by Crippen LogP contribution is -2.04. The Labute approximate surface area is 85.5 Å². The molecule has 0 aromatic heterocycles. The number of benzene rings is 1. The van der Waals surface area contributed by atoms with E-state index in [1.165, 1.54) is 23.9 Å². The summed E-state index contributed by atoms with van der Waals surface area (Å²) in [5.74, 6) is 0. The summed E-state index contributed by atoms with van der Waals surface area (Å²) in [6.07, 6.45) is -4.24. The topological polar surface area (TPSA) is 0 Å². The van der Waals surface area contributed by atoms with E-state index in [4.69, 9.17) is 0 Å². The van der Waals surface area contributed by atoms with Crippen LogP contribution in [0.4, 0.5) is 13.2 Å². The van der Waals surface area contributed by atoms with Crippen LogP contribution >= 0.6 is 11.8 Å². The SMILES string of the molecule is CC(C)Sc1cccc(C(F)(F)F)c1. The van der Waals surface area contributed by atoms with Crippen molar-refractivity contribution in [2.75, 3.05) is 0 Å². The first-order chi connectivity index (χ1) is 6.39. The zero-order valence-corrected chi connectivity index (χ0v) is 8.75. The molecule has 0 nitrogen and oxygen atoms in total. The third-order valence-electron chi connectivity index (χ3n) is 1.53. The zero-order chi connectivity index (χ0) is 10.8. The predicted octanol–water partition coefficient (Wildman–Crippen LogP) is 4.21. The minimum atomic E-state index is -4.24. The lowest BCUT2D eigenvalue weighted by molar-refractivity contribution is -0.137. The average molecular weight is 220 g/mol. The molecule has 0 N–H and O–H groups in total. The highest BCUT2D eigenvalue weighted by Crippen LogP contribution is 2.32. The van der Waals surface area contributed by atoms with Crippen molar-refractivity contribution >= 4 is 11.8 Å². The van der Waals surface area contributed by atoms with Gasteiger partial charge in [0.2, 0.25) is 0 Å². The molecule has 0 aliphatic carbocycles. The number of alkyl halides is 3. The van der Waals surface area contributed by atoms with Crippen LogP contribution in [0.5, 0.6) is 0 Å². The van der Waals surface area contributed by atoms with Crippen LogP contribution in [0.3, 0.4) is 0 Å². The number of halogens is 3. The highest BCUT2D eigenvalue weighted by atomic mass is 32.2. The van der Waals surface area contributed by atoms with E-state index >= 15 is 0 Å². The van der Waals surface area contributed by atoms with E-state index in [9.17, 15) is 13.2 Å². The van der Waals surface area contributed by atoms with Crippen molar-refractivity contribution in [3.05, 3.63) is 29.8 Å². The molecule has 0 spiro atoms. The molecular weight excluding hydrogens is 209 g/mol. The van der Waals surface area contributed by atoms with E-state index < -0.39 is 11.7 Å². The second kappa shape index (κ2) is 4.26. The van der Waals surface area contributed by atoms with Crippen LogP contribution < -0.4 is 0 Å². The maximum absolute atomic E-state index is 12.3. The molecule has 1 aromatic rings. The average Bonchev–Trinajstić information content (AvgIpc) is 2.01. The van der Waals surface area contributed by atoms with Gasteiger partial charge in [-0.1, -0.05) is 19.9 Å². The van der Waals surface area contributed by atoms with Gasteiger partial charge in [0.1, 0.15) is 0 Å². The highest BCUT2D eigenvalue weighted by Gasteiger charge is 2.30. The summed E-state index contributed by atoms with van der Waals surface area (Å²) in [5.41, 5.74) is -0.580. The Hall–Kier alpha value is -0.640. The molecule has 0 saturated heterocycles. The van der Waals surface area contributed by atoms with Gasteiger partial charge in [0.05, 0.1) is 5.56 Å². The van der Waals surface area contributed by atoms with Gasteiger partial charge in [-0.2, -0.15) is 13.2 Å². The van der Waals surface area contributed by atoms with Crippen LogP contribution in [0, 0.1) is 0 Å². The molecule has 0 amide bonds. The van der Waals surface area contributed by atoms with Crippen molar-refractivity contribution in [3.63, 3.8) is 0 Å². The summed E-state index contributed by atoms with van der Waals surface area (Å²) >= 11 is 1.43. The first-order valence-corrected chi connectivity index (χ1v) is 5.11. The summed E-state index contributed by atoms with van der Waals surface area (Å²) < 4.78 is 36.9. The largest absolute Gasteiger partial charge is 0.416 e. The van der Waals surface area contributed by atoms with E-state index in [0.29, 0.717) is 10.1 Å². The number of hydrogen-bond acceptors (Lipinski definition) is 1. The molecule has 0 bridgehead atoms. The van der Waals surface area contributed by atoms with Crippen LogP contribution in [-0.4, -0.2) is 5.25 Å². The normalized spacial score (nSPS) is 12.1. The fourth-order valence-corrected chi connectivity index (χ4v) is 1.91. The van der Waals surface area contributed by atoms with Crippen LogP contribution in [0.1, 0.15) is 19.4 Å². The van der Waals surface area contributed by atoms with E-state index in [-0.39, 0.29) is 0 Å². The second-order valence-corrected chi connectivity index (χ2v) is 4.84. The Balaban J connectivity index is 2.90. The van der Waals surface area contributed by atoms with Gasteiger partial charge in [-0.3, -0.25) is 0 Å². The molecule has 1 aromatic carbocycles. The second-order valence-electron chi connectivity index (χ2n) is 3.19. The molecule has 0 saturated carbocycles. The molecule has 0 unspecified atom stereocenters. The Morgan fingerprint density at radius 2 is 1.86 bits per heavy atom. The van der Waals surface area contributed by atoms with Gasteiger partial charge in [0.15, 0.2) is 0 Å². The Morgan fingerprint density at radius 1 is 1.21 bits per heavy atom. The summed E-state index contributed by atoms with van der Waals surface area (Å²) in [4.78, 5) is 0.662. The van der Waals surface area contributed by atoms with Gasteiger partial charge < -0.3 is 0 Å². The number of rotatable bonds is 2. The molecule has 0 fully saturated rings.